The van der Waals surface area contributed by atoms with Crippen LogP contribution in [-0.4, -0.2) is 24.3 Å². The standard InChI is InChI=1S/C7H11NO4/c1-2-11-6(10)12-5(9)7(8)3-4-7/h2-4,8H2,1H3. The molecule has 1 aliphatic rings. The SMILES string of the molecule is CCOC(=O)OC(=O)C1(N)CC1. The lowest BCUT2D eigenvalue weighted by Gasteiger charge is -2.06. The summed E-state index contributed by atoms with van der Waals surface area (Å²) < 4.78 is 8.69. The first-order chi connectivity index (χ1) is 5.58. The molecule has 0 spiro atoms. The van der Waals surface area contributed by atoms with E-state index in [4.69, 9.17) is 5.73 Å². The lowest BCUT2D eigenvalue weighted by molar-refractivity contribution is -0.142. The summed E-state index contributed by atoms with van der Waals surface area (Å²) in [4.78, 5) is 21.6. The van der Waals surface area contributed by atoms with E-state index >= 15 is 0 Å². The van der Waals surface area contributed by atoms with Crippen molar-refractivity contribution in [3.05, 3.63) is 0 Å². The molecular formula is C7H11NO4. The van der Waals surface area contributed by atoms with Crippen LogP contribution in [0.25, 0.3) is 0 Å². The first-order valence-electron chi connectivity index (χ1n) is 3.76. The van der Waals surface area contributed by atoms with E-state index in [1.54, 1.807) is 6.92 Å². The van der Waals surface area contributed by atoms with Crippen molar-refractivity contribution in [2.75, 3.05) is 6.61 Å². The fraction of sp³-hybridized carbons (Fsp3) is 0.714. The van der Waals surface area contributed by atoms with E-state index < -0.39 is 17.7 Å². The Morgan fingerprint density at radius 2 is 2.08 bits per heavy atom. The zero-order chi connectivity index (χ0) is 9.19. The van der Waals surface area contributed by atoms with Crippen molar-refractivity contribution in [2.24, 2.45) is 5.73 Å². The Labute approximate surface area is 69.8 Å². The molecule has 0 bridgehead atoms. The van der Waals surface area contributed by atoms with Crippen LogP contribution in [0, 0.1) is 0 Å². The van der Waals surface area contributed by atoms with Gasteiger partial charge in [0, 0.05) is 0 Å². The Balaban J connectivity index is 2.31. The molecule has 2 N–H and O–H groups in total. The zero-order valence-corrected chi connectivity index (χ0v) is 6.83. The van der Waals surface area contributed by atoms with Gasteiger partial charge >= 0.3 is 12.1 Å². The molecule has 0 aromatic carbocycles. The quantitative estimate of drug-likeness (QED) is 0.476. The van der Waals surface area contributed by atoms with Gasteiger partial charge in [0.2, 0.25) is 0 Å². The molecule has 0 aromatic heterocycles. The molecule has 1 aliphatic carbocycles. The third kappa shape index (κ3) is 1.94. The predicted octanol–water partition coefficient (Wildman–Crippen LogP) is 0.177. The predicted molar refractivity (Wildman–Crippen MR) is 39.3 cm³/mol. The lowest BCUT2D eigenvalue weighted by atomic mass is 10.3. The van der Waals surface area contributed by atoms with Gasteiger partial charge in [-0.3, -0.25) is 0 Å². The number of hydrogen-bond acceptors (Lipinski definition) is 5. The summed E-state index contributed by atoms with van der Waals surface area (Å²) >= 11 is 0. The fourth-order valence-electron chi connectivity index (χ4n) is 0.663. The summed E-state index contributed by atoms with van der Waals surface area (Å²) in [6.45, 7) is 1.81. The molecule has 0 saturated heterocycles. The number of nitrogens with two attached hydrogens (primary N) is 1. The highest BCUT2D eigenvalue weighted by Crippen LogP contribution is 2.33. The number of ether oxygens (including phenoxy) is 2. The number of rotatable bonds is 2. The topological polar surface area (TPSA) is 78.6 Å². The highest BCUT2D eigenvalue weighted by molar-refractivity contribution is 5.90. The van der Waals surface area contributed by atoms with E-state index in [9.17, 15) is 9.59 Å². The minimum absolute atomic E-state index is 0.184. The summed E-state index contributed by atoms with van der Waals surface area (Å²) in [6, 6.07) is 0. The molecule has 0 heterocycles. The number of esters is 1. The molecule has 1 rings (SSSR count). The van der Waals surface area contributed by atoms with Crippen molar-refractivity contribution in [1.29, 1.82) is 0 Å². The Morgan fingerprint density at radius 1 is 1.50 bits per heavy atom. The molecule has 0 amide bonds. The van der Waals surface area contributed by atoms with Crippen molar-refractivity contribution >= 4 is 12.1 Å². The molecule has 1 fully saturated rings. The number of carbonyl (C=O) groups is 2. The first kappa shape index (κ1) is 8.99. The average molecular weight is 173 g/mol. The maximum absolute atomic E-state index is 11.0. The third-order valence-electron chi connectivity index (χ3n) is 1.63. The van der Waals surface area contributed by atoms with E-state index in [1.165, 1.54) is 0 Å². The second kappa shape index (κ2) is 3.10. The minimum atomic E-state index is -0.973. The molecule has 0 aromatic rings. The van der Waals surface area contributed by atoms with E-state index in [0.717, 1.165) is 0 Å². The molecule has 5 nitrogen and oxygen atoms in total. The monoisotopic (exact) mass is 173 g/mol. The first-order valence-corrected chi connectivity index (χ1v) is 3.76. The van der Waals surface area contributed by atoms with Crippen molar-refractivity contribution in [1.82, 2.24) is 0 Å². The van der Waals surface area contributed by atoms with Gasteiger partial charge in [-0.05, 0) is 19.8 Å². The highest BCUT2D eigenvalue weighted by Gasteiger charge is 2.48. The molecule has 0 radical (unpaired) electrons. The smallest absolute Gasteiger partial charge is 0.434 e. The van der Waals surface area contributed by atoms with Gasteiger partial charge in [0.25, 0.3) is 0 Å². The van der Waals surface area contributed by atoms with Gasteiger partial charge < -0.3 is 15.2 Å². The number of carbonyl (C=O) groups excluding carboxylic acids is 2. The molecule has 68 valence electrons. The second-order valence-electron chi connectivity index (χ2n) is 2.73. The van der Waals surface area contributed by atoms with Gasteiger partial charge in [0.1, 0.15) is 5.54 Å². The van der Waals surface area contributed by atoms with Gasteiger partial charge in [0.15, 0.2) is 0 Å². The van der Waals surface area contributed by atoms with Gasteiger partial charge in [-0.2, -0.15) is 0 Å². The van der Waals surface area contributed by atoms with Crippen LogP contribution in [-0.2, 0) is 14.3 Å². The van der Waals surface area contributed by atoms with Crippen LogP contribution in [0.4, 0.5) is 4.79 Å². The van der Waals surface area contributed by atoms with Gasteiger partial charge in [0.05, 0.1) is 6.61 Å². The van der Waals surface area contributed by atoms with E-state index in [1.807, 2.05) is 0 Å². The van der Waals surface area contributed by atoms with E-state index in [2.05, 4.69) is 9.47 Å². The van der Waals surface area contributed by atoms with Crippen LogP contribution < -0.4 is 5.73 Å². The van der Waals surface area contributed by atoms with Crippen LogP contribution in [0.1, 0.15) is 19.8 Å². The Hall–Kier alpha value is -1.10. The van der Waals surface area contributed by atoms with E-state index in [-0.39, 0.29) is 6.61 Å². The maximum Gasteiger partial charge on any atom is 0.516 e. The summed E-state index contributed by atoms with van der Waals surface area (Å²) in [7, 11) is 0. The fourth-order valence-corrected chi connectivity index (χ4v) is 0.663. The van der Waals surface area contributed by atoms with Crippen LogP contribution in [0.15, 0.2) is 0 Å². The molecule has 0 atom stereocenters. The third-order valence-corrected chi connectivity index (χ3v) is 1.63. The second-order valence-corrected chi connectivity index (χ2v) is 2.73. The summed E-state index contributed by atoms with van der Waals surface area (Å²) in [5.41, 5.74) is 4.53. The molecule has 12 heavy (non-hydrogen) atoms. The largest absolute Gasteiger partial charge is 0.516 e. The van der Waals surface area contributed by atoms with Crippen LogP contribution >= 0.6 is 0 Å². The van der Waals surface area contributed by atoms with Crippen molar-refractivity contribution in [3.8, 4) is 0 Å². The van der Waals surface area contributed by atoms with Crippen molar-refractivity contribution in [2.45, 2.75) is 25.3 Å². The minimum Gasteiger partial charge on any atom is -0.434 e. The Bertz CT molecular complexity index is 209. The Morgan fingerprint density at radius 3 is 2.50 bits per heavy atom. The van der Waals surface area contributed by atoms with Crippen LogP contribution in [0.3, 0.4) is 0 Å². The molecule has 1 saturated carbocycles. The normalized spacial score (nSPS) is 18.2. The van der Waals surface area contributed by atoms with Gasteiger partial charge in [-0.1, -0.05) is 0 Å². The molecule has 0 aliphatic heterocycles. The summed E-state index contributed by atoms with van der Waals surface area (Å²) in [5.74, 6) is -0.694. The van der Waals surface area contributed by atoms with Crippen LogP contribution in [0.2, 0.25) is 0 Å². The summed E-state index contributed by atoms with van der Waals surface area (Å²) in [5, 5.41) is 0. The van der Waals surface area contributed by atoms with Gasteiger partial charge in [-0.25, -0.2) is 9.59 Å². The Kier molecular flexibility index (Phi) is 2.32. The average Bonchev–Trinajstić information content (AvgIpc) is 2.69. The van der Waals surface area contributed by atoms with Crippen molar-refractivity contribution in [3.63, 3.8) is 0 Å². The highest BCUT2D eigenvalue weighted by atomic mass is 16.7. The van der Waals surface area contributed by atoms with E-state index in [0.29, 0.717) is 12.8 Å². The number of hydrogen-bond donors (Lipinski definition) is 1. The zero-order valence-electron chi connectivity index (χ0n) is 6.83. The van der Waals surface area contributed by atoms with Crippen LogP contribution in [0.5, 0.6) is 0 Å². The molecular weight excluding hydrogens is 162 g/mol. The summed E-state index contributed by atoms with van der Waals surface area (Å²) in [6.07, 6.45) is 0.176. The molecule has 0 unspecified atom stereocenters. The lowest BCUT2D eigenvalue weighted by Crippen LogP contribution is -2.36. The van der Waals surface area contributed by atoms with Gasteiger partial charge in [-0.15, -0.1) is 0 Å². The maximum atomic E-state index is 11.0. The van der Waals surface area contributed by atoms with Crippen molar-refractivity contribution < 1.29 is 19.1 Å². The molecule has 5 heteroatoms.